The molecule has 554 valence electrons. The van der Waals surface area contributed by atoms with Crippen LogP contribution in [0, 0.1) is 6.92 Å². The molecule has 16 aromatic rings. The largest absolute Gasteiger partial charge is 0.496 e. The fourth-order valence-electron chi connectivity index (χ4n) is 10.7. The van der Waals surface area contributed by atoms with Crippen molar-refractivity contribution >= 4 is 179 Å². The molecule has 8 aromatic heterocycles. The number of thiazole rings is 3. The first-order valence-electron chi connectivity index (χ1n) is 32.9. The average molecular weight is 1540 g/mol. The van der Waals surface area contributed by atoms with Gasteiger partial charge in [-0.15, -0.1) is 20.4 Å². The van der Waals surface area contributed by atoms with Crippen molar-refractivity contribution in [2.45, 2.75) is 25.2 Å². The fraction of sp³-hybridized carbons (Fsp3) is 0.114. The maximum atomic E-state index is 12.4. The van der Waals surface area contributed by atoms with E-state index in [1.165, 1.54) is 78.9 Å². The van der Waals surface area contributed by atoms with Crippen LogP contribution in [0.5, 0.6) is 5.75 Å². The number of fused-ring (bicyclic) bond motifs is 4. The Morgan fingerprint density at radius 2 is 0.945 bits per heavy atom. The van der Waals surface area contributed by atoms with Gasteiger partial charge in [-0.25, -0.2) is 33.5 Å². The lowest BCUT2D eigenvalue weighted by atomic mass is 10.1. The quantitative estimate of drug-likeness (QED) is 0.0249. The molecule has 0 spiro atoms. The molecule has 0 unspecified atom stereocenters. The van der Waals surface area contributed by atoms with Crippen LogP contribution in [-0.4, -0.2) is 131 Å². The van der Waals surface area contributed by atoms with E-state index in [0.717, 1.165) is 70.7 Å². The Kier molecular flexibility index (Phi) is 21.8. The summed E-state index contributed by atoms with van der Waals surface area (Å²) in [6.07, 6.45) is 0.731. The maximum absolute atomic E-state index is 12.4. The van der Waals surface area contributed by atoms with Gasteiger partial charge in [-0.05, 0) is 140 Å². The predicted octanol–water partition coefficient (Wildman–Crippen LogP) is 10.4. The fourth-order valence-corrected chi connectivity index (χ4v) is 13.9. The number of benzene rings is 8. The zero-order valence-corrected chi connectivity index (χ0v) is 61.9. The number of imidazole rings is 1. The number of nitrogen functional groups attached to an aromatic ring is 5. The molecule has 0 radical (unpaired) electrons. The minimum Gasteiger partial charge on any atom is -0.496 e. The number of methoxy groups -OCH3 is 2. The molecule has 0 fully saturated rings. The summed E-state index contributed by atoms with van der Waals surface area (Å²) in [6.45, 7) is 4.49. The molecule has 0 aliphatic rings. The summed E-state index contributed by atoms with van der Waals surface area (Å²) in [6, 6.07) is 55.2. The third-order valence-corrected chi connectivity index (χ3v) is 19.7. The third-order valence-electron chi connectivity index (χ3n) is 15.8. The number of hydrogen-bond acceptors (Lipinski definition) is 30. The van der Waals surface area contributed by atoms with Crippen LogP contribution in [0.4, 0.5) is 81.7 Å². The first-order valence-corrected chi connectivity index (χ1v) is 36.9. The number of para-hydroxylation sites is 5. The number of anilines is 14. The number of hydrogen-bond donors (Lipinski definition) is 12. The topological polar surface area (TPSA) is 494 Å². The van der Waals surface area contributed by atoms with E-state index in [2.05, 4.69) is 92.2 Å². The molecule has 0 saturated heterocycles. The molecular weight excluding hydrogens is 1470 g/mol. The van der Waals surface area contributed by atoms with Crippen LogP contribution in [0.3, 0.4) is 0 Å². The van der Waals surface area contributed by atoms with E-state index in [-0.39, 0.29) is 46.5 Å². The molecule has 0 aliphatic carbocycles. The second kappa shape index (κ2) is 32.3. The molecule has 2 amide bonds. The van der Waals surface area contributed by atoms with Gasteiger partial charge >= 0.3 is 0 Å². The molecule has 109 heavy (non-hydrogen) atoms. The minimum atomic E-state index is -3.74. The van der Waals surface area contributed by atoms with Crippen molar-refractivity contribution in [2.24, 2.45) is 12.2 Å². The summed E-state index contributed by atoms with van der Waals surface area (Å²) >= 11 is 4.48. The van der Waals surface area contributed by atoms with Crippen LogP contribution in [0.15, 0.2) is 187 Å². The molecule has 0 atom stereocenters. The van der Waals surface area contributed by atoms with Crippen molar-refractivity contribution < 1.29 is 27.5 Å². The van der Waals surface area contributed by atoms with Crippen LogP contribution >= 0.6 is 34.0 Å². The Hall–Kier alpha value is -13.7. The third kappa shape index (κ3) is 17.5. The first kappa shape index (κ1) is 73.6. The van der Waals surface area contributed by atoms with Crippen LogP contribution in [0.1, 0.15) is 29.3 Å². The van der Waals surface area contributed by atoms with Gasteiger partial charge in [-0.3, -0.25) is 9.59 Å². The lowest BCUT2D eigenvalue weighted by Crippen LogP contribution is -2.25. The number of aryl methyl sites for hydroxylation is 2. The Labute approximate surface area is 632 Å². The van der Waals surface area contributed by atoms with Gasteiger partial charge in [0.1, 0.15) is 5.75 Å². The Morgan fingerprint density at radius 3 is 1.41 bits per heavy atom. The summed E-state index contributed by atoms with van der Waals surface area (Å²) in [4.78, 5) is 58.8. The molecule has 35 nitrogen and oxygen atoms in total. The van der Waals surface area contributed by atoms with Crippen molar-refractivity contribution in [3.8, 4) is 27.1 Å². The SMILES string of the molecule is CC(=O)Nc1ccc(Nc2nc(N)n(-c3nc4ccccc4s3)n2)cc1C.COCCCNC(=O)c1ccc(Nc2nc(N)n(-c3nc4ccccc4s3)n2)cc1OC.Cn1c(-n2nc(Nc3ccc(S(N)(=O)=O)cc3)nc2N)nc2ccccc21.Nc1cccc(Nc2nc(N)n(-c3nc4ccccc4s3)n2)c1. The van der Waals surface area contributed by atoms with E-state index in [9.17, 15) is 18.0 Å². The average Bonchev–Trinajstić information content (AvgIpc) is 1.65. The molecule has 0 saturated carbocycles. The van der Waals surface area contributed by atoms with Crippen LogP contribution in [0.25, 0.3) is 63.0 Å². The van der Waals surface area contributed by atoms with Crippen LogP contribution in [0.2, 0.25) is 0 Å². The van der Waals surface area contributed by atoms with Crippen molar-refractivity contribution in [1.82, 2.24) is 88.9 Å². The van der Waals surface area contributed by atoms with Crippen molar-refractivity contribution in [3.63, 3.8) is 0 Å². The molecule has 8 heterocycles. The number of carbonyl (C=O) groups excluding carboxylic acids is 2. The van der Waals surface area contributed by atoms with Gasteiger partial charge in [0.15, 0.2) is 0 Å². The van der Waals surface area contributed by atoms with Crippen LogP contribution in [-0.2, 0) is 26.6 Å². The van der Waals surface area contributed by atoms with E-state index in [1.54, 1.807) is 43.5 Å². The molecule has 16 rings (SSSR count). The van der Waals surface area contributed by atoms with E-state index in [4.69, 9.17) is 43.3 Å². The van der Waals surface area contributed by atoms with E-state index in [1.807, 2.05) is 152 Å². The summed E-state index contributed by atoms with van der Waals surface area (Å²) < 4.78 is 44.0. The summed E-state index contributed by atoms with van der Waals surface area (Å²) in [5.41, 5.74) is 39.9. The zero-order chi connectivity index (χ0) is 76.5. The molecular formula is C70H69N29O6S4. The molecule has 8 aromatic carbocycles. The Balaban J connectivity index is 0.000000129. The summed E-state index contributed by atoms with van der Waals surface area (Å²) in [7, 11) is 1.26. The Morgan fingerprint density at radius 1 is 0.495 bits per heavy atom. The summed E-state index contributed by atoms with van der Waals surface area (Å²) in [5.74, 6) is 2.86. The number of aromatic nitrogens is 17. The highest BCUT2D eigenvalue weighted by atomic mass is 32.2. The molecule has 0 bridgehead atoms. The van der Waals surface area contributed by atoms with Gasteiger partial charge in [0.05, 0.1) is 59.3 Å². The normalized spacial score (nSPS) is 11.1. The predicted molar refractivity (Wildman–Crippen MR) is 426 cm³/mol. The number of nitrogens with two attached hydrogens (primary N) is 6. The van der Waals surface area contributed by atoms with Gasteiger partial charge in [-0.2, -0.15) is 38.7 Å². The lowest BCUT2D eigenvalue weighted by Gasteiger charge is -2.11. The van der Waals surface area contributed by atoms with Gasteiger partial charge in [-0.1, -0.05) is 88.6 Å². The van der Waals surface area contributed by atoms with Gasteiger partial charge in [0.25, 0.3) is 5.91 Å². The number of carbonyl (C=O) groups is 2. The van der Waals surface area contributed by atoms with Gasteiger partial charge in [0, 0.05) is 74.4 Å². The number of sulfonamides is 1. The van der Waals surface area contributed by atoms with E-state index >= 15 is 0 Å². The molecule has 0 aliphatic heterocycles. The highest BCUT2D eigenvalue weighted by Crippen LogP contribution is 2.32. The smallest absolute Gasteiger partial charge is 0.255 e. The standard InChI is InChI=1S/C21H23N7O3S.C18H17N7OS.C16H16N8O2S.C15H13N7S/c1-30-11-5-10-23-18(29)14-9-8-13(12-16(14)31-2)24-20-26-19(22)28(27-20)21-25-15-6-3-4-7-17(15)32-21;1-10-9-12(7-8-13(10)20-11(2)26)21-17-23-16(19)25(24-17)18-22-14-5-3-4-6-15(14)27-18;1-23-13-5-3-2-4-12(13)20-16(23)24-14(17)21-15(22-24)19-10-6-8-11(9-7-10)27(18,25)26;16-9-4-3-5-10(8-9)18-14-20-13(17)22(21-14)15-19-11-6-1-2-7-12(11)23-15/h3-4,6-9,12H,5,10-11H2,1-2H3,(H,23,29)(H3,22,24,26,27);3-9H,1-2H3,(H,20,26)(H3,19,21,23,24);2-9H,1H3,(H2,18,25,26)(H3,17,19,21,22);1-8H,16H2,(H3,17,18,20,21). The van der Waals surface area contributed by atoms with Gasteiger partial charge < -0.3 is 74.6 Å². The van der Waals surface area contributed by atoms with Gasteiger partial charge in [0.2, 0.25) is 84.9 Å². The number of nitrogens with one attached hydrogen (secondary N) is 6. The van der Waals surface area contributed by atoms with Crippen LogP contribution < -0.4 is 70.4 Å². The monoisotopic (exact) mass is 1540 g/mol. The van der Waals surface area contributed by atoms with Crippen molar-refractivity contribution in [1.29, 1.82) is 0 Å². The number of rotatable bonds is 20. The first-order chi connectivity index (χ1) is 52.6. The number of ether oxygens (including phenoxy) is 2. The molecule has 39 heteroatoms. The van der Waals surface area contributed by atoms with E-state index in [0.29, 0.717) is 80.7 Å². The highest BCUT2D eigenvalue weighted by molar-refractivity contribution is 7.89. The van der Waals surface area contributed by atoms with E-state index < -0.39 is 10.0 Å². The number of primary sulfonamides is 1. The van der Waals surface area contributed by atoms with Crippen molar-refractivity contribution in [2.75, 3.05) is 82.6 Å². The number of nitrogens with zero attached hydrogens (tertiary/aromatic N) is 17. The van der Waals surface area contributed by atoms with Crippen molar-refractivity contribution in [3.05, 3.63) is 193 Å². The summed E-state index contributed by atoms with van der Waals surface area (Å²) in [5, 5.41) is 42.5. The molecule has 18 N–H and O–H groups in total. The Bertz CT molecular complexity index is 5980. The second-order valence-electron chi connectivity index (χ2n) is 23.6. The second-order valence-corrected chi connectivity index (χ2v) is 28.2. The minimum absolute atomic E-state index is 0.0192. The highest BCUT2D eigenvalue weighted by Gasteiger charge is 2.21. The lowest BCUT2D eigenvalue weighted by molar-refractivity contribution is -0.114. The maximum Gasteiger partial charge on any atom is 0.255 e. The zero-order valence-electron chi connectivity index (χ0n) is 58.6. The number of amides is 2.